The predicted molar refractivity (Wildman–Crippen MR) is 185 cm³/mol. The van der Waals surface area contributed by atoms with Crippen LogP contribution in [0.3, 0.4) is 0 Å². The Morgan fingerprint density at radius 1 is 0.500 bits per heavy atom. The van der Waals surface area contributed by atoms with Gasteiger partial charge in [0.2, 0.25) is 0 Å². The lowest BCUT2D eigenvalue weighted by Crippen LogP contribution is -2.02. The molecule has 0 aliphatic heterocycles. The highest BCUT2D eigenvalue weighted by molar-refractivity contribution is 6.10. The lowest BCUT2D eigenvalue weighted by atomic mass is 9.99. The van der Waals surface area contributed by atoms with Gasteiger partial charge in [-0.15, -0.1) is 0 Å². The van der Waals surface area contributed by atoms with Crippen molar-refractivity contribution < 1.29 is 0 Å². The first-order valence-corrected chi connectivity index (χ1v) is 15.2. The van der Waals surface area contributed by atoms with E-state index in [1.165, 1.54) is 16.7 Å². The zero-order valence-electron chi connectivity index (χ0n) is 25.1. The van der Waals surface area contributed by atoms with E-state index in [9.17, 15) is 5.26 Å². The first-order valence-electron chi connectivity index (χ1n) is 15.2. The van der Waals surface area contributed by atoms with Gasteiger partial charge in [-0.1, -0.05) is 109 Å². The highest BCUT2D eigenvalue weighted by Crippen LogP contribution is 2.37. The van der Waals surface area contributed by atoms with Crippen molar-refractivity contribution in [3.63, 3.8) is 0 Å². The zero-order valence-corrected chi connectivity index (χ0v) is 25.1. The highest BCUT2D eigenvalue weighted by Gasteiger charge is 2.18. The second kappa shape index (κ2) is 11.3. The van der Waals surface area contributed by atoms with Crippen molar-refractivity contribution in [3.8, 4) is 57.0 Å². The molecule has 5 nitrogen and oxygen atoms in total. The molecule has 46 heavy (non-hydrogen) atoms. The first-order chi connectivity index (χ1) is 22.7. The molecular weight excluding hydrogens is 562 g/mol. The van der Waals surface area contributed by atoms with Crippen LogP contribution in [0.2, 0.25) is 0 Å². The number of nitrogens with zero attached hydrogens (tertiary/aromatic N) is 5. The number of benzene rings is 6. The Labute approximate surface area is 266 Å². The second-order valence-electron chi connectivity index (χ2n) is 11.3. The molecule has 0 aliphatic carbocycles. The van der Waals surface area contributed by atoms with Crippen molar-refractivity contribution in [2.45, 2.75) is 6.92 Å². The fourth-order valence-corrected chi connectivity index (χ4v) is 6.20. The normalized spacial score (nSPS) is 11.1. The molecule has 5 heteroatoms. The lowest BCUT2D eigenvalue weighted by molar-refractivity contribution is 1.07. The molecular formula is C41H27N5. The van der Waals surface area contributed by atoms with Crippen LogP contribution < -0.4 is 0 Å². The highest BCUT2D eigenvalue weighted by atomic mass is 15.0. The third kappa shape index (κ3) is 4.70. The number of para-hydroxylation sites is 1. The van der Waals surface area contributed by atoms with Crippen molar-refractivity contribution in [1.82, 2.24) is 19.5 Å². The minimum Gasteiger partial charge on any atom is -0.309 e. The molecule has 0 atom stereocenters. The van der Waals surface area contributed by atoms with E-state index >= 15 is 0 Å². The van der Waals surface area contributed by atoms with Crippen LogP contribution in [0.5, 0.6) is 0 Å². The van der Waals surface area contributed by atoms with E-state index in [2.05, 4.69) is 84.3 Å². The Kier molecular flexibility index (Phi) is 6.67. The number of nitriles is 1. The van der Waals surface area contributed by atoms with Crippen LogP contribution in [0.25, 0.3) is 72.8 Å². The fourth-order valence-electron chi connectivity index (χ4n) is 6.20. The van der Waals surface area contributed by atoms with Gasteiger partial charge in [0.1, 0.15) is 0 Å². The molecule has 8 rings (SSSR count). The van der Waals surface area contributed by atoms with Gasteiger partial charge in [0.25, 0.3) is 0 Å². The molecule has 0 spiro atoms. The summed E-state index contributed by atoms with van der Waals surface area (Å²) in [5.74, 6) is 1.58. The molecule has 6 aromatic carbocycles. The smallest absolute Gasteiger partial charge is 0.165 e. The minimum atomic E-state index is 0.459. The van der Waals surface area contributed by atoms with Crippen molar-refractivity contribution in [3.05, 3.63) is 157 Å². The van der Waals surface area contributed by atoms with Crippen LogP contribution in [-0.2, 0) is 0 Å². The number of rotatable bonds is 5. The Balaban J connectivity index is 1.30. The van der Waals surface area contributed by atoms with E-state index in [0.29, 0.717) is 28.6 Å². The number of aromatic nitrogens is 4. The van der Waals surface area contributed by atoms with Crippen LogP contribution in [0.4, 0.5) is 0 Å². The van der Waals surface area contributed by atoms with Crippen molar-refractivity contribution >= 4 is 21.8 Å². The fraction of sp³-hybridized carbons (Fsp3) is 0.0244. The molecule has 0 radical (unpaired) electrons. The summed E-state index contributed by atoms with van der Waals surface area (Å²) in [6, 6.07) is 51.6. The molecule has 0 saturated carbocycles. The van der Waals surface area contributed by atoms with E-state index in [0.717, 1.165) is 38.6 Å². The third-order valence-corrected chi connectivity index (χ3v) is 8.45. The van der Waals surface area contributed by atoms with Gasteiger partial charge in [0.15, 0.2) is 17.5 Å². The molecule has 0 saturated heterocycles. The van der Waals surface area contributed by atoms with E-state index in [-0.39, 0.29) is 0 Å². The summed E-state index contributed by atoms with van der Waals surface area (Å²) < 4.78 is 2.23. The maximum Gasteiger partial charge on any atom is 0.165 e. The second-order valence-corrected chi connectivity index (χ2v) is 11.3. The Morgan fingerprint density at radius 2 is 1.11 bits per heavy atom. The molecule has 0 amide bonds. The largest absolute Gasteiger partial charge is 0.309 e. The lowest BCUT2D eigenvalue weighted by Gasteiger charge is -2.12. The monoisotopic (exact) mass is 589 g/mol. The molecule has 216 valence electrons. The number of aryl methyl sites for hydroxylation is 1. The van der Waals surface area contributed by atoms with Gasteiger partial charge < -0.3 is 4.57 Å². The summed E-state index contributed by atoms with van der Waals surface area (Å²) in [4.78, 5) is 14.5. The van der Waals surface area contributed by atoms with Crippen LogP contribution >= 0.6 is 0 Å². The number of hydrogen-bond donors (Lipinski definition) is 0. The van der Waals surface area contributed by atoms with Gasteiger partial charge in [-0.3, -0.25) is 0 Å². The van der Waals surface area contributed by atoms with Gasteiger partial charge in [-0.2, -0.15) is 5.26 Å². The number of hydrogen-bond acceptors (Lipinski definition) is 4. The van der Waals surface area contributed by atoms with Crippen molar-refractivity contribution in [2.24, 2.45) is 0 Å². The third-order valence-electron chi connectivity index (χ3n) is 8.45. The quantitative estimate of drug-likeness (QED) is 0.200. The van der Waals surface area contributed by atoms with Gasteiger partial charge in [-0.05, 0) is 60.0 Å². The topological polar surface area (TPSA) is 67.4 Å². The Morgan fingerprint density at radius 3 is 1.80 bits per heavy atom. The van der Waals surface area contributed by atoms with Gasteiger partial charge in [0, 0.05) is 33.2 Å². The maximum atomic E-state index is 10.5. The van der Waals surface area contributed by atoms with E-state index in [1.807, 2.05) is 78.9 Å². The van der Waals surface area contributed by atoms with Gasteiger partial charge >= 0.3 is 0 Å². The van der Waals surface area contributed by atoms with Crippen LogP contribution in [0.1, 0.15) is 11.1 Å². The van der Waals surface area contributed by atoms with Crippen molar-refractivity contribution in [1.29, 1.82) is 5.26 Å². The summed E-state index contributed by atoms with van der Waals surface area (Å²) in [5.41, 5.74) is 9.61. The Bertz CT molecular complexity index is 2380. The summed E-state index contributed by atoms with van der Waals surface area (Å²) >= 11 is 0. The Hall–Kier alpha value is -6.38. The molecule has 0 fully saturated rings. The van der Waals surface area contributed by atoms with Crippen LogP contribution in [0.15, 0.2) is 146 Å². The standard InChI is InChI=1S/C41H27N5/c1-27-12-8-9-17-33(27)30-20-23-38-36(25-30)35-18-10-11-19-37(35)46(38)32-21-22-34(31(24-32)26-42)41-44-39(28-13-4-2-5-14-28)43-40(45-41)29-15-6-3-7-16-29/h2-25H,1H3. The van der Waals surface area contributed by atoms with E-state index < -0.39 is 0 Å². The van der Waals surface area contributed by atoms with Crippen molar-refractivity contribution in [2.75, 3.05) is 0 Å². The molecule has 0 N–H and O–H groups in total. The molecule has 2 aromatic heterocycles. The average Bonchev–Trinajstić information content (AvgIpc) is 3.46. The first kappa shape index (κ1) is 27.2. The summed E-state index contributed by atoms with van der Waals surface area (Å²) in [6.45, 7) is 2.14. The molecule has 0 bridgehead atoms. The number of fused-ring (bicyclic) bond motifs is 3. The molecule has 0 unspecified atom stereocenters. The van der Waals surface area contributed by atoms with Crippen LogP contribution in [-0.4, -0.2) is 19.5 Å². The average molecular weight is 590 g/mol. The summed E-state index contributed by atoms with van der Waals surface area (Å²) in [7, 11) is 0. The van der Waals surface area contributed by atoms with Crippen LogP contribution in [0, 0.1) is 18.3 Å². The SMILES string of the molecule is Cc1ccccc1-c1ccc2c(c1)c1ccccc1n2-c1ccc(-c2nc(-c3ccccc3)nc(-c3ccccc3)n2)c(C#N)c1. The van der Waals surface area contributed by atoms with E-state index in [4.69, 9.17) is 15.0 Å². The zero-order chi connectivity index (χ0) is 31.0. The summed E-state index contributed by atoms with van der Waals surface area (Å²) in [6.07, 6.45) is 0. The van der Waals surface area contributed by atoms with Gasteiger partial charge in [-0.25, -0.2) is 15.0 Å². The molecule has 0 aliphatic rings. The predicted octanol–water partition coefficient (Wildman–Crippen LogP) is 9.82. The van der Waals surface area contributed by atoms with E-state index in [1.54, 1.807) is 0 Å². The summed E-state index contributed by atoms with van der Waals surface area (Å²) in [5, 5.41) is 12.8. The van der Waals surface area contributed by atoms with Gasteiger partial charge in [0.05, 0.1) is 22.7 Å². The maximum absolute atomic E-state index is 10.5. The molecule has 2 heterocycles. The molecule has 8 aromatic rings. The minimum absolute atomic E-state index is 0.459.